The van der Waals surface area contributed by atoms with Gasteiger partial charge in [0.1, 0.15) is 10.6 Å². The van der Waals surface area contributed by atoms with Gasteiger partial charge in [-0.15, -0.1) is 0 Å². The van der Waals surface area contributed by atoms with Gasteiger partial charge in [0, 0.05) is 41.6 Å². The van der Waals surface area contributed by atoms with Crippen molar-refractivity contribution in [2.45, 2.75) is 94.8 Å². The average Bonchev–Trinajstić information content (AvgIpc) is 3.22. The van der Waals surface area contributed by atoms with E-state index in [0.29, 0.717) is 37.1 Å². The van der Waals surface area contributed by atoms with Crippen LogP contribution in [0, 0.1) is 18.6 Å². The lowest BCUT2D eigenvalue weighted by Crippen LogP contribution is -2.45. The van der Waals surface area contributed by atoms with E-state index in [1.165, 1.54) is 17.3 Å². The predicted molar refractivity (Wildman–Crippen MR) is 135 cm³/mol. The van der Waals surface area contributed by atoms with Gasteiger partial charge >= 0.3 is 0 Å². The van der Waals surface area contributed by atoms with Crippen LogP contribution in [0.3, 0.4) is 0 Å². The quantitative estimate of drug-likeness (QED) is 0.497. The fraction of sp³-hybridized carbons (Fsp3) is 0.577. The normalized spacial score (nSPS) is 22.4. The molecule has 11 heteroatoms. The van der Waals surface area contributed by atoms with E-state index in [0.717, 1.165) is 31.4 Å². The molecule has 0 radical (unpaired) electrons. The Kier molecular flexibility index (Phi) is 7.81. The molecule has 1 aromatic heterocycles. The summed E-state index contributed by atoms with van der Waals surface area (Å²) in [4.78, 5) is 13.5. The molecule has 8 nitrogen and oxygen atoms in total. The number of benzene rings is 1. The first-order chi connectivity index (χ1) is 17.4. The van der Waals surface area contributed by atoms with Crippen molar-refractivity contribution in [2.75, 3.05) is 11.9 Å². The van der Waals surface area contributed by atoms with Crippen LogP contribution in [0.5, 0.6) is 0 Å². The molecular formula is C26H35F2N3O5S. The van der Waals surface area contributed by atoms with Crippen molar-refractivity contribution >= 4 is 21.6 Å². The first-order valence-electron chi connectivity index (χ1n) is 12.7. The molecule has 0 bridgehead atoms. The van der Waals surface area contributed by atoms with Crippen LogP contribution in [-0.2, 0) is 23.0 Å². The van der Waals surface area contributed by atoms with Crippen molar-refractivity contribution in [1.82, 2.24) is 8.87 Å². The minimum absolute atomic E-state index is 0.0661. The van der Waals surface area contributed by atoms with Gasteiger partial charge in [0.15, 0.2) is 11.6 Å². The maximum atomic E-state index is 14.3. The fourth-order valence-corrected chi connectivity index (χ4v) is 8.12. The van der Waals surface area contributed by atoms with Crippen LogP contribution in [0.15, 0.2) is 23.1 Å². The number of nitrogens with zero attached hydrogens (tertiary/aromatic N) is 2. The molecular weight excluding hydrogens is 504 g/mol. The van der Waals surface area contributed by atoms with E-state index in [9.17, 15) is 32.2 Å². The lowest BCUT2D eigenvalue weighted by atomic mass is 9.97. The van der Waals surface area contributed by atoms with Gasteiger partial charge in [0.2, 0.25) is 10.0 Å². The van der Waals surface area contributed by atoms with E-state index >= 15 is 0 Å². The Hall–Kier alpha value is -2.34. The van der Waals surface area contributed by atoms with Crippen molar-refractivity contribution in [1.29, 1.82) is 0 Å². The monoisotopic (exact) mass is 539 g/mol. The summed E-state index contributed by atoms with van der Waals surface area (Å²) in [6.45, 7) is 4.89. The zero-order valence-electron chi connectivity index (χ0n) is 21.4. The largest absolute Gasteiger partial charge is 0.393 e. The first kappa shape index (κ1) is 27.7. The van der Waals surface area contributed by atoms with Crippen LogP contribution in [0.2, 0.25) is 0 Å². The number of carbonyl (C=O) groups is 1. The number of aliphatic hydroxyl groups is 2. The zero-order chi connectivity index (χ0) is 27.1. The molecule has 3 N–H and O–H groups in total. The van der Waals surface area contributed by atoms with E-state index < -0.39 is 45.8 Å². The van der Waals surface area contributed by atoms with E-state index in [-0.39, 0.29) is 28.7 Å². The van der Waals surface area contributed by atoms with E-state index in [1.54, 1.807) is 11.5 Å². The molecule has 204 valence electrons. The topological polar surface area (TPSA) is 112 Å². The number of carbonyl (C=O) groups excluding carboxylic acids is 1. The summed E-state index contributed by atoms with van der Waals surface area (Å²) < 4.78 is 58.8. The van der Waals surface area contributed by atoms with Gasteiger partial charge in [0.05, 0.1) is 12.2 Å². The molecule has 0 aliphatic carbocycles. The molecule has 3 atom stereocenters. The summed E-state index contributed by atoms with van der Waals surface area (Å²) in [5.41, 5.74) is -0.298. The summed E-state index contributed by atoms with van der Waals surface area (Å²) >= 11 is 0. The van der Waals surface area contributed by atoms with E-state index in [2.05, 4.69) is 5.32 Å². The van der Waals surface area contributed by atoms with Gasteiger partial charge < -0.3 is 20.1 Å². The van der Waals surface area contributed by atoms with Crippen LogP contribution in [0.4, 0.5) is 14.5 Å². The number of fused-ring (bicyclic) bond motifs is 1. The highest BCUT2D eigenvalue weighted by atomic mass is 32.2. The van der Waals surface area contributed by atoms with Gasteiger partial charge in [-0.05, 0) is 71.4 Å². The van der Waals surface area contributed by atoms with E-state index in [1.807, 2.05) is 6.92 Å². The lowest BCUT2D eigenvalue weighted by molar-refractivity contribution is -0.0169. The second-order valence-electron chi connectivity index (χ2n) is 10.6. The predicted octanol–water partition coefficient (Wildman–Crippen LogP) is 3.73. The third-order valence-electron chi connectivity index (χ3n) is 7.50. The number of nitrogens with one attached hydrogen (secondary N) is 1. The number of sulfonamides is 1. The molecule has 0 spiro atoms. The van der Waals surface area contributed by atoms with Gasteiger partial charge in [-0.25, -0.2) is 17.2 Å². The zero-order valence-corrected chi connectivity index (χ0v) is 22.2. The highest BCUT2D eigenvalue weighted by Crippen LogP contribution is 2.39. The summed E-state index contributed by atoms with van der Waals surface area (Å²) in [7, 11) is -4.07. The Bertz CT molecular complexity index is 1290. The smallest absolute Gasteiger partial charge is 0.272 e. The van der Waals surface area contributed by atoms with Gasteiger partial charge in [-0.2, -0.15) is 4.31 Å². The Morgan fingerprint density at radius 2 is 1.92 bits per heavy atom. The summed E-state index contributed by atoms with van der Waals surface area (Å²) in [5.74, 6) is -2.73. The highest BCUT2D eigenvalue weighted by Gasteiger charge is 2.45. The second kappa shape index (κ2) is 10.4. The number of hydrogen-bond donors (Lipinski definition) is 3. The maximum absolute atomic E-state index is 14.3. The SMILES string of the molecule is Cc1c(S(=O)(=O)N2C(C)CCC2CC(C)(O)CO)c2n(c1C(=O)Nc1ccc(F)c(F)c1)CCCCC2. The molecule has 4 rings (SSSR count). The van der Waals surface area contributed by atoms with Crippen molar-refractivity contribution in [3.8, 4) is 0 Å². The maximum Gasteiger partial charge on any atom is 0.272 e. The first-order valence-corrected chi connectivity index (χ1v) is 14.2. The minimum Gasteiger partial charge on any atom is -0.393 e. The van der Waals surface area contributed by atoms with Crippen LogP contribution >= 0.6 is 0 Å². The van der Waals surface area contributed by atoms with Crippen LogP contribution in [0.25, 0.3) is 0 Å². The van der Waals surface area contributed by atoms with Gasteiger partial charge in [0.25, 0.3) is 5.91 Å². The van der Waals surface area contributed by atoms with E-state index in [4.69, 9.17) is 0 Å². The Morgan fingerprint density at radius 1 is 1.19 bits per heavy atom. The van der Waals surface area contributed by atoms with Gasteiger partial charge in [-0.3, -0.25) is 4.79 Å². The number of hydrogen-bond acceptors (Lipinski definition) is 5. The van der Waals surface area contributed by atoms with Gasteiger partial charge in [-0.1, -0.05) is 6.42 Å². The second-order valence-corrected chi connectivity index (χ2v) is 12.3. The molecule has 2 aromatic rings. The van der Waals surface area contributed by atoms with Crippen LogP contribution in [0.1, 0.15) is 74.1 Å². The standard InChI is InChI=1S/C26H35F2N3O5S/c1-16-8-10-19(14-26(3,34)15-32)31(16)37(35,36)24-17(2)23(30-12-6-4-5-7-22(24)30)25(33)29-18-9-11-20(27)21(28)13-18/h9,11,13,16,19,32,34H,4-8,10,12,14-15H2,1-3H3,(H,29,33). The van der Waals surface area contributed by atoms with Crippen LogP contribution in [-0.4, -0.2) is 57.7 Å². The molecule has 37 heavy (non-hydrogen) atoms. The Labute approximate surface area is 216 Å². The molecule has 2 aliphatic rings. The third kappa shape index (κ3) is 5.32. The average molecular weight is 540 g/mol. The molecule has 1 saturated heterocycles. The minimum atomic E-state index is -4.07. The number of aliphatic hydroxyl groups excluding tert-OH is 1. The fourth-order valence-electron chi connectivity index (χ4n) is 5.77. The molecule has 3 unspecified atom stereocenters. The number of aromatic nitrogens is 1. The molecule has 1 amide bonds. The molecule has 0 saturated carbocycles. The summed E-state index contributed by atoms with van der Waals surface area (Å²) in [5, 5.41) is 22.6. The number of halogens is 2. The lowest BCUT2D eigenvalue weighted by Gasteiger charge is -2.32. The van der Waals surface area contributed by atoms with Crippen molar-refractivity contribution in [3.63, 3.8) is 0 Å². The number of rotatable bonds is 7. The van der Waals surface area contributed by atoms with Crippen molar-refractivity contribution in [2.24, 2.45) is 0 Å². The van der Waals surface area contributed by atoms with Crippen molar-refractivity contribution < 1.29 is 32.2 Å². The Balaban J connectivity index is 1.79. The summed E-state index contributed by atoms with van der Waals surface area (Å²) in [6, 6.07) is 2.24. The molecule has 1 fully saturated rings. The summed E-state index contributed by atoms with van der Waals surface area (Å²) in [6.07, 6.45) is 4.16. The molecule has 2 aliphatic heterocycles. The molecule has 3 heterocycles. The number of anilines is 1. The number of amides is 1. The Morgan fingerprint density at radius 3 is 2.59 bits per heavy atom. The third-order valence-corrected chi connectivity index (χ3v) is 9.78. The highest BCUT2D eigenvalue weighted by molar-refractivity contribution is 7.89. The van der Waals surface area contributed by atoms with Crippen LogP contribution < -0.4 is 5.32 Å². The molecule has 1 aromatic carbocycles. The van der Waals surface area contributed by atoms with Crippen molar-refractivity contribution in [3.05, 3.63) is 46.8 Å².